The van der Waals surface area contributed by atoms with E-state index < -0.39 is 0 Å². The van der Waals surface area contributed by atoms with Crippen LogP contribution < -0.4 is 20.3 Å². The molecule has 9 heteroatoms. The van der Waals surface area contributed by atoms with E-state index in [-0.39, 0.29) is 23.8 Å². The van der Waals surface area contributed by atoms with Crippen LogP contribution >= 0.6 is 0 Å². The van der Waals surface area contributed by atoms with Crippen molar-refractivity contribution in [3.63, 3.8) is 0 Å². The van der Waals surface area contributed by atoms with Gasteiger partial charge in [-0.15, -0.1) is 0 Å². The predicted octanol–water partition coefficient (Wildman–Crippen LogP) is 4.02. The van der Waals surface area contributed by atoms with E-state index in [0.29, 0.717) is 43.1 Å². The number of rotatable bonds is 6. The Morgan fingerprint density at radius 3 is 2.08 bits per heavy atom. The normalized spacial score (nSPS) is 17.8. The van der Waals surface area contributed by atoms with Gasteiger partial charge in [-0.1, -0.05) is 6.42 Å². The molecule has 4 amide bonds. The second kappa shape index (κ2) is 11.1. The quantitative estimate of drug-likeness (QED) is 0.618. The van der Waals surface area contributed by atoms with Gasteiger partial charge in [-0.05, 0) is 68.1 Å². The molecule has 2 aromatic carbocycles. The van der Waals surface area contributed by atoms with Gasteiger partial charge in [0, 0.05) is 62.2 Å². The Kier molecular flexibility index (Phi) is 7.48. The van der Waals surface area contributed by atoms with Crippen LogP contribution in [0.5, 0.6) is 5.75 Å². The second-order valence-electron chi connectivity index (χ2n) is 9.98. The fourth-order valence-electron chi connectivity index (χ4n) is 5.09. The van der Waals surface area contributed by atoms with Crippen LogP contribution in [0.3, 0.4) is 0 Å². The minimum Gasteiger partial charge on any atom is -0.497 e. The number of carbonyl (C=O) groups is 3. The number of carbonyl (C=O) groups excluding carboxylic acids is 3. The van der Waals surface area contributed by atoms with Gasteiger partial charge in [-0.25, -0.2) is 4.79 Å². The van der Waals surface area contributed by atoms with Gasteiger partial charge in [-0.3, -0.25) is 9.59 Å². The lowest BCUT2D eigenvalue weighted by Gasteiger charge is -2.37. The standard InChI is InChI=1S/C28H35N5O4/c1-37-23-10-7-21(8-11-23)30-28(36)33-17-15-31(16-18-33)25-12-9-22(29-26(34)20-5-4-6-20)19-24(25)27(35)32-13-2-3-14-32/h7-12,19-20H,2-6,13-18H2,1H3,(H,29,34)(H,30,36). The Morgan fingerprint density at radius 2 is 1.46 bits per heavy atom. The summed E-state index contributed by atoms with van der Waals surface area (Å²) in [7, 11) is 1.61. The number of hydrogen-bond acceptors (Lipinski definition) is 5. The van der Waals surface area contributed by atoms with Crippen LogP contribution in [0.1, 0.15) is 42.5 Å². The third-order valence-electron chi connectivity index (χ3n) is 7.61. The van der Waals surface area contributed by atoms with Crippen molar-refractivity contribution in [1.82, 2.24) is 9.80 Å². The number of hydrogen-bond donors (Lipinski definition) is 2. The molecule has 3 fully saturated rings. The summed E-state index contributed by atoms with van der Waals surface area (Å²) in [5.74, 6) is 0.857. The molecule has 0 aromatic heterocycles. The first-order chi connectivity index (χ1) is 18.0. The molecule has 2 heterocycles. The molecule has 3 aliphatic rings. The van der Waals surface area contributed by atoms with E-state index in [9.17, 15) is 14.4 Å². The molecule has 196 valence electrons. The van der Waals surface area contributed by atoms with Crippen LogP contribution in [0, 0.1) is 5.92 Å². The number of benzene rings is 2. The van der Waals surface area contributed by atoms with E-state index in [2.05, 4.69) is 15.5 Å². The van der Waals surface area contributed by atoms with Gasteiger partial charge in [-0.2, -0.15) is 0 Å². The first-order valence-electron chi connectivity index (χ1n) is 13.2. The van der Waals surface area contributed by atoms with Gasteiger partial charge in [0.25, 0.3) is 5.91 Å². The molecular formula is C28H35N5O4. The zero-order valence-electron chi connectivity index (χ0n) is 21.4. The van der Waals surface area contributed by atoms with Crippen LogP contribution in [0.25, 0.3) is 0 Å². The molecule has 0 bridgehead atoms. The summed E-state index contributed by atoms with van der Waals surface area (Å²) in [5.41, 5.74) is 2.85. The minimum absolute atomic E-state index is 0.00641. The summed E-state index contributed by atoms with van der Waals surface area (Å²) >= 11 is 0. The molecule has 2 aliphatic heterocycles. The van der Waals surface area contributed by atoms with Crippen molar-refractivity contribution in [1.29, 1.82) is 0 Å². The smallest absolute Gasteiger partial charge is 0.321 e. The fourth-order valence-corrected chi connectivity index (χ4v) is 5.09. The Balaban J connectivity index is 1.26. The number of nitrogens with one attached hydrogen (secondary N) is 2. The molecule has 0 radical (unpaired) electrons. The third kappa shape index (κ3) is 5.65. The van der Waals surface area contributed by atoms with Crippen molar-refractivity contribution < 1.29 is 19.1 Å². The number of nitrogens with zero attached hydrogens (tertiary/aromatic N) is 3. The average Bonchev–Trinajstić information content (AvgIpc) is 3.43. The van der Waals surface area contributed by atoms with Crippen molar-refractivity contribution in [2.45, 2.75) is 32.1 Å². The minimum atomic E-state index is -0.146. The van der Waals surface area contributed by atoms with E-state index in [1.54, 1.807) is 12.0 Å². The van der Waals surface area contributed by atoms with Gasteiger partial charge < -0.3 is 30.1 Å². The van der Waals surface area contributed by atoms with E-state index in [4.69, 9.17) is 4.74 Å². The largest absolute Gasteiger partial charge is 0.497 e. The van der Waals surface area contributed by atoms with E-state index >= 15 is 0 Å². The summed E-state index contributed by atoms with van der Waals surface area (Å²) in [6.07, 6.45) is 4.99. The molecule has 2 saturated heterocycles. The molecule has 0 spiro atoms. The van der Waals surface area contributed by atoms with Crippen molar-refractivity contribution in [2.75, 3.05) is 61.9 Å². The first-order valence-corrected chi connectivity index (χ1v) is 13.2. The Labute approximate surface area is 217 Å². The summed E-state index contributed by atoms with van der Waals surface area (Å²) in [4.78, 5) is 44.6. The highest BCUT2D eigenvalue weighted by molar-refractivity contribution is 6.02. The molecule has 1 saturated carbocycles. The molecule has 2 N–H and O–H groups in total. The number of methoxy groups -OCH3 is 1. The predicted molar refractivity (Wildman–Crippen MR) is 143 cm³/mol. The van der Waals surface area contributed by atoms with Crippen LogP contribution in [0.2, 0.25) is 0 Å². The number of amides is 4. The molecule has 37 heavy (non-hydrogen) atoms. The lowest BCUT2D eigenvalue weighted by atomic mass is 9.85. The second-order valence-corrected chi connectivity index (χ2v) is 9.98. The number of urea groups is 1. The maximum atomic E-state index is 13.5. The Morgan fingerprint density at radius 1 is 0.784 bits per heavy atom. The van der Waals surface area contributed by atoms with Crippen LogP contribution in [-0.4, -0.2) is 74.0 Å². The van der Waals surface area contributed by atoms with E-state index in [0.717, 1.165) is 56.6 Å². The van der Waals surface area contributed by atoms with E-state index in [1.165, 1.54) is 0 Å². The van der Waals surface area contributed by atoms with Crippen LogP contribution in [0.4, 0.5) is 21.9 Å². The molecule has 0 unspecified atom stereocenters. The Bertz CT molecular complexity index is 1130. The summed E-state index contributed by atoms with van der Waals surface area (Å²) in [6, 6.07) is 12.8. The highest BCUT2D eigenvalue weighted by Crippen LogP contribution is 2.31. The summed E-state index contributed by atoms with van der Waals surface area (Å²) in [5, 5.41) is 5.96. The first kappa shape index (κ1) is 24.9. The van der Waals surface area contributed by atoms with Crippen molar-refractivity contribution in [3.05, 3.63) is 48.0 Å². The molecule has 9 nitrogen and oxygen atoms in total. The summed E-state index contributed by atoms with van der Waals surface area (Å²) < 4.78 is 5.17. The topological polar surface area (TPSA) is 94.2 Å². The molecule has 0 atom stereocenters. The van der Waals surface area contributed by atoms with Crippen molar-refractivity contribution in [3.8, 4) is 5.75 Å². The van der Waals surface area contributed by atoms with Crippen molar-refractivity contribution >= 4 is 34.9 Å². The summed E-state index contributed by atoms with van der Waals surface area (Å²) in [6.45, 7) is 3.83. The SMILES string of the molecule is COc1ccc(NC(=O)N2CCN(c3ccc(NC(=O)C4CCC4)cc3C(=O)N3CCCC3)CC2)cc1. The monoisotopic (exact) mass is 505 g/mol. The van der Waals surface area contributed by atoms with Gasteiger partial charge >= 0.3 is 6.03 Å². The van der Waals surface area contributed by atoms with Gasteiger partial charge in [0.1, 0.15) is 5.75 Å². The third-order valence-corrected chi connectivity index (χ3v) is 7.61. The molecule has 2 aromatic rings. The Hall–Kier alpha value is -3.75. The lowest BCUT2D eigenvalue weighted by molar-refractivity contribution is -0.122. The number of anilines is 3. The average molecular weight is 506 g/mol. The number of ether oxygens (including phenoxy) is 1. The maximum Gasteiger partial charge on any atom is 0.321 e. The van der Waals surface area contributed by atoms with Crippen LogP contribution in [-0.2, 0) is 4.79 Å². The highest BCUT2D eigenvalue weighted by Gasteiger charge is 2.29. The van der Waals surface area contributed by atoms with Crippen molar-refractivity contribution in [2.24, 2.45) is 5.92 Å². The molecule has 1 aliphatic carbocycles. The van der Waals surface area contributed by atoms with Crippen LogP contribution in [0.15, 0.2) is 42.5 Å². The van der Waals surface area contributed by atoms with E-state index in [1.807, 2.05) is 47.4 Å². The zero-order chi connectivity index (χ0) is 25.8. The number of likely N-dealkylation sites (tertiary alicyclic amines) is 1. The molecule has 5 rings (SSSR count). The maximum absolute atomic E-state index is 13.5. The lowest BCUT2D eigenvalue weighted by Crippen LogP contribution is -2.50. The highest BCUT2D eigenvalue weighted by atomic mass is 16.5. The number of piperazine rings is 1. The molecular weight excluding hydrogens is 470 g/mol. The van der Waals surface area contributed by atoms with Gasteiger partial charge in [0.2, 0.25) is 5.91 Å². The van der Waals surface area contributed by atoms with Gasteiger partial charge in [0.15, 0.2) is 0 Å². The zero-order valence-corrected chi connectivity index (χ0v) is 21.4. The van der Waals surface area contributed by atoms with Gasteiger partial charge in [0.05, 0.1) is 12.7 Å². The fraction of sp³-hybridized carbons (Fsp3) is 0.464.